The molecule has 29 heavy (non-hydrogen) atoms. The van der Waals surface area contributed by atoms with Crippen LogP contribution in [0, 0.1) is 19.8 Å². The van der Waals surface area contributed by atoms with Gasteiger partial charge >= 0.3 is 0 Å². The van der Waals surface area contributed by atoms with Crippen molar-refractivity contribution in [2.45, 2.75) is 39.7 Å². The highest BCUT2D eigenvalue weighted by Gasteiger charge is 2.24. The molecule has 4 heterocycles. The van der Waals surface area contributed by atoms with Gasteiger partial charge in [0.2, 0.25) is 0 Å². The maximum Gasteiger partial charge on any atom is 0.255 e. The molecule has 3 aromatic heterocycles. The maximum absolute atomic E-state index is 12.7. The van der Waals surface area contributed by atoms with Gasteiger partial charge in [-0.1, -0.05) is 0 Å². The van der Waals surface area contributed by atoms with Crippen LogP contribution in [0.3, 0.4) is 0 Å². The minimum atomic E-state index is 0.0985. The number of piperidine rings is 1. The van der Waals surface area contributed by atoms with Crippen molar-refractivity contribution in [3.05, 3.63) is 66.0 Å². The third-order valence-electron chi connectivity index (χ3n) is 5.81. The monoisotopic (exact) mass is 389 g/mol. The standard InChI is InChI=1S/C23H27N5O/c1-17-3-4-21(16-25-17)23(29)27-12-7-19(8-13-27)9-14-28-18(2)15-26-22(28)20-5-10-24-11-6-20/h3-6,10-11,15-16,19H,7-9,12-14H2,1-2H3. The summed E-state index contributed by atoms with van der Waals surface area (Å²) < 4.78 is 2.30. The van der Waals surface area contributed by atoms with Crippen molar-refractivity contribution < 1.29 is 4.79 Å². The number of rotatable bonds is 5. The van der Waals surface area contributed by atoms with E-state index in [2.05, 4.69) is 26.4 Å². The molecule has 0 N–H and O–H groups in total. The molecule has 0 bridgehead atoms. The topological polar surface area (TPSA) is 63.9 Å². The van der Waals surface area contributed by atoms with E-state index < -0.39 is 0 Å². The number of likely N-dealkylation sites (tertiary alicyclic amines) is 1. The molecule has 0 aliphatic carbocycles. The SMILES string of the molecule is Cc1ccc(C(=O)N2CCC(CCn3c(C)cnc3-c3ccncc3)CC2)cn1. The molecule has 150 valence electrons. The van der Waals surface area contributed by atoms with E-state index in [1.807, 2.05) is 42.3 Å². The van der Waals surface area contributed by atoms with Crippen molar-refractivity contribution in [2.75, 3.05) is 13.1 Å². The largest absolute Gasteiger partial charge is 0.339 e. The number of hydrogen-bond acceptors (Lipinski definition) is 4. The summed E-state index contributed by atoms with van der Waals surface area (Å²) in [5, 5.41) is 0. The fraction of sp³-hybridized carbons (Fsp3) is 0.391. The Bertz CT molecular complexity index is 957. The molecule has 6 nitrogen and oxygen atoms in total. The first-order valence-electron chi connectivity index (χ1n) is 10.3. The Morgan fingerprint density at radius 1 is 1.03 bits per heavy atom. The summed E-state index contributed by atoms with van der Waals surface area (Å²) in [6.07, 6.45) is 10.4. The molecule has 1 saturated heterocycles. The van der Waals surface area contributed by atoms with Crippen LogP contribution < -0.4 is 0 Å². The summed E-state index contributed by atoms with van der Waals surface area (Å²) in [7, 11) is 0. The van der Waals surface area contributed by atoms with Gasteiger partial charge in [0.25, 0.3) is 5.91 Å². The van der Waals surface area contributed by atoms with Crippen molar-refractivity contribution in [1.29, 1.82) is 0 Å². The van der Waals surface area contributed by atoms with Crippen molar-refractivity contribution in [2.24, 2.45) is 5.92 Å². The molecule has 0 aromatic carbocycles. The Morgan fingerprint density at radius 3 is 2.48 bits per heavy atom. The third kappa shape index (κ3) is 4.36. The molecule has 1 aliphatic rings. The molecule has 1 amide bonds. The number of aromatic nitrogens is 4. The van der Waals surface area contributed by atoms with Gasteiger partial charge in [0.15, 0.2) is 0 Å². The van der Waals surface area contributed by atoms with Gasteiger partial charge < -0.3 is 9.47 Å². The number of aryl methyl sites for hydroxylation is 2. The van der Waals surface area contributed by atoms with Gasteiger partial charge in [-0.05, 0) is 63.3 Å². The zero-order chi connectivity index (χ0) is 20.2. The van der Waals surface area contributed by atoms with Crippen LogP contribution in [0.2, 0.25) is 0 Å². The molecule has 0 unspecified atom stereocenters. The first kappa shape index (κ1) is 19.3. The Labute approximate surface area is 171 Å². The number of nitrogens with zero attached hydrogens (tertiary/aromatic N) is 5. The molecular weight excluding hydrogens is 362 g/mol. The van der Waals surface area contributed by atoms with E-state index in [1.54, 1.807) is 18.6 Å². The highest BCUT2D eigenvalue weighted by atomic mass is 16.2. The van der Waals surface area contributed by atoms with E-state index in [0.29, 0.717) is 11.5 Å². The van der Waals surface area contributed by atoms with E-state index in [0.717, 1.165) is 56.0 Å². The van der Waals surface area contributed by atoms with Gasteiger partial charge in [-0.3, -0.25) is 14.8 Å². The van der Waals surface area contributed by atoms with Gasteiger partial charge in [0.1, 0.15) is 5.82 Å². The molecule has 1 aliphatic heterocycles. The normalized spacial score (nSPS) is 14.9. The van der Waals surface area contributed by atoms with Gasteiger partial charge in [-0.2, -0.15) is 0 Å². The number of carbonyl (C=O) groups excluding carboxylic acids is 1. The van der Waals surface area contributed by atoms with Crippen LogP contribution in [-0.4, -0.2) is 43.4 Å². The summed E-state index contributed by atoms with van der Waals surface area (Å²) >= 11 is 0. The van der Waals surface area contributed by atoms with Crippen LogP contribution in [0.15, 0.2) is 49.1 Å². The average Bonchev–Trinajstić information content (AvgIpc) is 3.13. The van der Waals surface area contributed by atoms with Gasteiger partial charge in [-0.15, -0.1) is 0 Å². The zero-order valence-corrected chi connectivity index (χ0v) is 17.1. The van der Waals surface area contributed by atoms with Gasteiger partial charge in [0.05, 0.1) is 5.56 Å². The lowest BCUT2D eigenvalue weighted by Crippen LogP contribution is -2.38. The lowest BCUT2D eigenvalue weighted by Gasteiger charge is -2.32. The number of imidazole rings is 1. The molecular formula is C23H27N5O. The Morgan fingerprint density at radius 2 is 1.79 bits per heavy atom. The average molecular weight is 390 g/mol. The minimum absolute atomic E-state index is 0.0985. The van der Waals surface area contributed by atoms with Gasteiger partial charge in [-0.25, -0.2) is 4.98 Å². The third-order valence-corrected chi connectivity index (χ3v) is 5.81. The molecule has 4 rings (SSSR count). The smallest absolute Gasteiger partial charge is 0.255 e. The zero-order valence-electron chi connectivity index (χ0n) is 17.1. The molecule has 0 radical (unpaired) electrons. The van der Waals surface area contributed by atoms with Crippen molar-refractivity contribution in [1.82, 2.24) is 24.4 Å². The number of pyridine rings is 2. The number of hydrogen-bond donors (Lipinski definition) is 0. The van der Waals surface area contributed by atoms with Crippen LogP contribution in [0.5, 0.6) is 0 Å². The van der Waals surface area contributed by atoms with Crippen LogP contribution in [-0.2, 0) is 6.54 Å². The van der Waals surface area contributed by atoms with E-state index in [4.69, 9.17) is 0 Å². The lowest BCUT2D eigenvalue weighted by molar-refractivity contribution is 0.0684. The summed E-state index contributed by atoms with van der Waals surface area (Å²) in [5.74, 6) is 1.73. The first-order valence-corrected chi connectivity index (χ1v) is 10.3. The van der Waals surface area contributed by atoms with Crippen LogP contribution >= 0.6 is 0 Å². The fourth-order valence-corrected chi connectivity index (χ4v) is 3.99. The summed E-state index contributed by atoms with van der Waals surface area (Å²) in [5.41, 5.74) is 3.89. The molecule has 0 atom stereocenters. The Balaban J connectivity index is 1.34. The number of amides is 1. The highest BCUT2D eigenvalue weighted by molar-refractivity contribution is 5.93. The van der Waals surface area contributed by atoms with Gasteiger partial charge in [0, 0.05) is 61.4 Å². The molecule has 1 fully saturated rings. The first-order chi connectivity index (χ1) is 14.1. The predicted octanol–water partition coefficient (Wildman–Crippen LogP) is 3.90. The van der Waals surface area contributed by atoms with Crippen LogP contribution in [0.4, 0.5) is 0 Å². The van der Waals surface area contributed by atoms with Crippen LogP contribution in [0.25, 0.3) is 11.4 Å². The van der Waals surface area contributed by atoms with Crippen molar-refractivity contribution in [3.63, 3.8) is 0 Å². The van der Waals surface area contributed by atoms with Crippen LogP contribution in [0.1, 0.15) is 41.0 Å². The number of carbonyl (C=O) groups is 1. The van der Waals surface area contributed by atoms with E-state index >= 15 is 0 Å². The fourth-order valence-electron chi connectivity index (χ4n) is 3.99. The molecule has 0 spiro atoms. The quantitative estimate of drug-likeness (QED) is 0.664. The molecule has 6 heteroatoms. The highest BCUT2D eigenvalue weighted by Crippen LogP contribution is 2.25. The van der Waals surface area contributed by atoms with Crippen molar-refractivity contribution in [3.8, 4) is 11.4 Å². The van der Waals surface area contributed by atoms with E-state index in [-0.39, 0.29) is 5.91 Å². The second-order valence-corrected chi connectivity index (χ2v) is 7.82. The summed E-state index contributed by atoms with van der Waals surface area (Å²) in [4.78, 5) is 27.6. The van der Waals surface area contributed by atoms with E-state index in [1.165, 1.54) is 5.69 Å². The lowest BCUT2D eigenvalue weighted by atomic mass is 9.93. The Kier molecular flexibility index (Phi) is 5.69. The Hall–Kier alpha value is -3.02. The van der Waals surface area contributed by atoms with E-state index in [9.17, 15) is 4.79 Å². The predicted molar refractivity (Wildman–Crippen MR) is 112 cm³/mol. The maximum atomic E-state index is 12.7. The molecule has 0 saturated carbocycles. The second-order valence-electron chi connectivity index (χ2n) is 7.82. The summed E-state index contributed by atoms with van der Waals surface area (Å²) in [6, 6.07) is 7.78. The molecule has 3 aromatic rings. The second kappa shape index (κ2) is 8.55. The minimum Gasteiger partial charge on any atom is -0.339 e. The van der Waals surface area contributed by atoms with Crippen molar-refractivity contribution >= 4 is 5.91 Å². The summed E-state index contributed by atoms with van der Waals surface area (Å²) in [6.45, 7) is 6.62.